The standard InChI is InChI=1S/C17H21NO4/c19-15(20)14-12-18(9-10-22-14)16(21)17(7-4-8-17)11-13-5-2-1-3-6-13/h1-3,5-6,14H,4,7-12H2,(H,19,20). The van der Waals surface area contributed by atoms with E-state index in [2.05, 4.69) is 0 Å². The molecule has 5 heteroatoms. The molecule has 2 fully saturated rings. The Morgan fingerprint density at radius 2 is 2.00 bits per heavy atom. The Bertz CT molecular complexity index is 553. The number of aliphatic carboxylic acids is 1. The highest BCUT2D eigenvalue weighted by Crippen LogP contribution is 2.45. The zero-order valence-electron chi connectivity index (χ0n) is 12.5. The van der Waals surface area contributed by atoms with E-state index in [1.807, 2.05) is 30.3 Å². The molecule has 118 valence electrons. The molecule has 1 saturated carbocycles. The van der Waals surface area contributed by atoms with Gasteiger partial charge in [-0.15, -0.1) is 0 Å². The van der Waals surface area contributed by atoms with Crippen LogP contribution in [0.3, 0.4) is 0 Å². The summed E-state index contributed by atoms with van der Waals surface area (Å²) in [5.41, 5.74) is 0.820. The molecule has 0 spiro atoms. The first-order valence-corrected chi connectivity index (χ1v) is 7.78. The minimum absolute atomic E-state index is 0.0946. The van der Waals surface area contributed by atoms with Crippen molar-refractivity contribution in [1.29, 1.82) is 0 Å². The molecule has 0 radical (unpaired) electrons. The van der Waals surface area contributed by atoms with E-state index in [-0.39, 0.29) is 17.9 Å². The average Bonchev–Trinajstić information content (AvgIpc) is 2.51. The molecule has 2 aliphatic rings. The number of carboxylic acid groups (broad SMARTS) is 1. The molecule has 1 aromatic rings. The number of hydrogen-bond donors (Lipinski definition) is 1. The van der Waals surface area contributed by atoms with Crippen molar-refractivity contribution in [2.75, 3.05) is 19.7 Å². The maximum Gasteiger partial charge on any atom is 0.334 e. The van der Waals surface area contributed by atoms with Gasteiger partial charge in [0.25, 0.3) is 0 Å². The molecule has 1 N–H and O–H groups in total. The Morgan fingerprint density at radius 3 is 2.59 bits per heavy atom. The quantitative estimate of drug-likeness (QED) is 0.919. The Labute approximate surface area is 129 Å². The van der Waals surface area contributed by atoms with Crippen molar-refractivity contribution in [3.63, 3.8) is 0 Å². The van der Waals surface area contributed by atoms with E-state index in [4.69, 9.17) is 9.84 Å². The van der Waals surface area contributed by atoms with E-state index in [0.717, 1.165) is 25.7 Å². The number of amides is 1. The summed E-state index contributed by atoms with van der Waals surface area (Å²) in [5, 5.41) is 9.08. The molecule has 1 aliphatic heterocycles. The maximum absolute atomic E-state index is 13.0. The van der Waals surface area contributed by atoms with Crippen LogP contribution >= 0.6 is 0 Å². The van der Waals surface area contributed by atoms with Gasteiger partial charge in [-0.3, -0.25) is 4.79 Å². The third kappa shape index (κ3) is 2.86. The van der Waals surface area contributed by atoms with Crippen LogP contribution in [-0.2, 0) is 20.7 Å². The van der Waals surface area contributed by atoms with E-state index < -0.39 is 12.1 Å². The Kier molecular flexibility index (Phi) is 4.16. The molecule has 1 aliphatic carbocycles. The molecule has 5 nitrogen and oxygen atoms in total. The highest BCUT2D eigenvalue weighted by molar-refractivity contribution is 5.85. The van der Waals surface area contributed by atoms with Gasteiger partial charge >= 0.3 is 5.97 Å². The molecule has 1 saturated heterocycles. The van der Waals surface area contributed by atoms with Gasteiger partial charge in [0, 0.05) is 6.54 Å². The highest BCUT2D eigenvalue weighted by atomic mass is 16.5. The zero-order chi connectivity index (χ0) is 15.6. The van der Waals surface area contributed by atoms with E-state index in [9.17, 15) is 9.59 Å². The fourth-order valence-electron chi connectivity index (χ4n) is 3.37. The van der Waals surface area contributed by atoms with Crippen molar-refractivity contribution < 1.29 is 19.4 Å². The van der Waals surface area contributed by atoms with Crippen molar-refractivity contribution in [2.24, 2.45) is 5.41 Å². The zero-order valence-corrected chi connectivity index (χ0v) is 12.5. The van der Waals surface area contributed by atoms with Crippen LogP contribution in [0.25, 0.3) is 0 Å². The Balaban J connectivity index is 1.72. The SMILES string of the molecule is O=C(O)C1CN(C(=O)C2(Cc3ccccc3)CCC2)CCO1. The van der Waals surface area contributed by atoms with Gasteiger partial charge in [-0.25, -0.2) is 4.79 Å². The maximum atomic E-state index is 13.0. The van der Waals surface area contributed by atoms with Crippen LogP contribution in [0.15, 0.2) is 30.3 Å². The summed E-state index contributed by atoms with van der Waals surface area (Å²) in [7, 11) is 0. The summed E-state index contributed by atoms with van der Waals surface area (Å²) in [6.45, 7) is 0.938. The number of hydrogen-bond acceptors (Lipinski definition) is 3. The highest BCUT2D eigenvalue weighted by Gasteiger charge is 2.47. The van der Waals surface area contributed by atoms with Crippen LogP contribution in [0, 0.1) is 5.41 Å². The number of rotatable bonds is 4. The van der Waals surface area contributed by atoms with Crippen LogP contribution < -0.4 is 0 Å². The van der Waals surface area contributed by atoms with Gasteiger partial charge in [0.15, 0.2) is 6.10 Å². The number of morpholine rings is 1. The predicted octanol–water partition coefficient (Wildman–Crippen LogP) is 1.71. The van der Waals surface area contributed by atoms with Gasteiger partial charge in [0.05, 0.1) is 18.6 Å². The second-order valence-electron chi connectivity index (χ2n) is 6.25. The lowest BCUT2D eigenvalue weighted by atomic mass is 9.64. The van der Waals surface area contributed by atoms with Crippen LogP contribution in [0.4, 0.5) is 0 Å². The topological polar surface area (TPSA) is 66.8 Å². The number of benzene rings is 1. The predicted molar refractivity (Wildman–Crippen MR) is 80.4 cm³/mol. The summed E-state index contributed by atoms with van der Waals surface area (Å²) < 4.78 is 5.21. The van der Waals surface area contributed by atoms with Crippen molar-refractivity contribution in [2.45, 2.75) is 31.8 Å². The molecule has 0 bridgehead atoms. The van der Waals surface area contributed by atoms with Crippen LogP contribution in [0.1, 0.15) is 24.8 Å². The number of ether oxygens (including phenoxy) is 1. The molecule has 3 rings (SSSR count). The molecular weight excluding hydrogens is 282 g/mol. The number of nitrogens with zero attached hydrogens (tertiary/aromatic N) is 1. The summed E-state index contributed by atoms with van der Waals surface area (Å²) in [4.78, 5) is 25.7. The largest absolute Gasteiger partial charge is 0.479 e. The lowest BCUT2D eigenvalue weighted by Crippen LogP contribution is -2.55. The van der Waals surface area contributed by atoms with Crippen molar-refractivity contribution in [1.82, 2.24) is 4.90 Å². The molecule has 22 heavy (non-hydrogen) atoms. The average molecular weight is 303 g/mol. The molecule has 1 unspecified atom stereocenters. The second-order valence-corrected chi connectivity index (χ2v) is 6.25. The van der Waals surface area contributed by atoms with Crippen molar-refractivity contribution >= 4 is 11.9 Å². The lowest BCUT2D eigenvalue weighted by molar-refractivity contribution is -0.165. The summed E-state index contributed by atoms with van der Waals surface area (Å²) >= 11 is 0. The van der Waals surface area contributed by atoms with Crippen molar-refractivity contribution in [3.8, 4) is 0 Å². The fraction of sp³-hybridized carbons (Fsp3) is 0.529. The van der Waals surface area contributed by atoms with Crippen LogP contribution in [0.2, 0.25) is 0 Å². The summed E-state index contributed by atoms with van der Waals surface area (Å²) in [6, 6.07) is 10.0. The smallest absolute Gasteiger partial charge is 0.334 e. The first-order chi connectivity index (χ1) is 10.6. The molecule has 1 amide bonds. The van der Waals surface area contributed by atoms with E-state index >= 15 is 0 Å². The van der Waals surface area contributed by atoms with Gasteiger partial charge in [-0.2, -0.15) is 0 Å². The van der Waals surface area contributed by atoms with E-state index in [1.165, 1.54) is 5.56 Å². The van der Waals surface area contributed by atoms with E-state index in [0.29, 0.717) is 13.2 Å². The normalized spacial score (nSPS) is 23.6. The summed E-state index contributed by atoms with van der Waals surface area (Å²) in [5.74, 6) is -0.902. The first kappa shape index (κ1) is 15.0. The van der Waals surface area contributed by atoms with Gasteiger partial charge in [0.2, 0.25) is 5.91 Å². The molecule has 1 heterocycles. The van der Waals surface area contributed by atoms with Gasteiger partial charge < -0.3 is 14.7 Å². The van der Waals surface area contributed by atoms with Gasteiger partial charge in [0.1, 0.15) is 0 Å². The fourth-order valence-corrected chi connectivity index (χ4v) is 3.37. The molecule has 1 atom stereocenters. The van der Waals surface area contributed by atoms with Gasteiger partial charge in [-0.05, 0) is 24.8 Å². The monoisotopic (exact) mass is 303 g/mol. The summed E-state index contributed by atoms with van der Waals surface area (Å²) in [6.07, 6.45) is 2.67. The molecule has 0 aromatic heterocycles. The molecule has 1 aromatic carbocycles. The first-order valence-electron chi connectivity index (χ1n) is 7.78. The third-order valence-electron chi connectivity index (χ3n) is 4.78. The second kappa shape index (κ2) is 6.08. The Morgan fingerprint density at radius 1 is 1.27 bits per heavy atom. The molecular formula is C17H21NO4. The number of carbonyl (C=O) groups excluding carboxylic acids is 1. The lowest BCUT2D eigenvalue weighted by Gasteiger charge is -2.45. The Hall–Kier alpha value is -1.88. The van der Waals surface area contributed by atoms with Crippen LogP contribution in [0.5, 0.6) is 0 Å². The number of carboxylic acids is 1. The minimum atomic E-state index is -0.997. The third-order valence-corrected chi connectivity index (χ3v) is 4.78. The minimum Gasteiger partial charge on any atom is -0.479 e. The number of carbonyl (C=O) groups is 2. The van der Waals surface area contributed by atoms with E-state index in [1.54, 1.807) is 4.90 Å². The van der Waals surface area contributed by atoms with Crippen molar-refractivity contribution in [3.05, 3.63) is 35.9 Å². The van der Waals surface area contributed by atoms with Crippen LogP contribution in [-0.4, -0.2) is 47.7 Å². The van der Waals surface area contributed by atoms with Gasteiger partial charge in [-0.1, -0.05) is 36.8 Å².